The summed E-state index contributed by atoms with van der Waals surface area (Å²) < 4.78 is 5.47. The van der Waals surface area contributed by atoms with Crippen LogP contribution in [-0.4, -0.2) is 31.7 Å². The highest BCUT2D eigenvalue weighted by atomic mass is 35.5. The third kappa shape index (κ3) is 3.62. The Morgan fingerprint density at radius 2 is 1.91 bits per heavy atom. The SMILES string of the molecule is Cl.NC(CNC(=O)C1(c2ccccc2)CCOCC1)C1CC1. The standard InChI is InChI=1S/C17H24N2O2.ClH/c18-15(13-6-7-13)12-19-16(20)17(8-10-21-11-9-17)14-4-2-1-3-5-14;/h1-5,13,15H,6-12,18H2,(H,19,20);1H. The number of carbonyl (C=O) groups is 1. The van der Waals surface area contributed by atoms with E-state index in [1.807, 2.05) is 30.3 Å². The van der Waals surface area contributed by atoms with E-state index in [1.165, 1.54) is 12.8 Å². The van der Waals surface area contributed by atoms with Crippen molar-refractivity contribution < 1.29 is 9.53 Å². The van der Waals surface area contributed by atoms with E-state index in [-0.39, 0.29) is 24.4 Å². The van der Waals surface area contributed by atoms with Crippen molar-refractivity contribution in [3.05, 3.63) is 35.9 Å². The van der Waals surface area contributed by atoms with Crippen molar-refractivity contribution in [2.24, 2.45) is 11.7 Å². The fraction of sp³-hybridized carbons (Fsp3) is 0.588. The van der Waals surface area contributed by atoms with Gasteiger partial charge in [-0.05, 0) is 37.2 Å². The summed E-state index contributed by atoms with van der Waals surface area (Å²) in [6, 6.07) is 10.2. The van der Waals surface area contributed by atoms with Gasteiger partial charge in [0.25, 0.3) is 0 Å². The van der Waals surface area contributed by atoms with E-state index in [2.05, 4.69) is 5.32 Å². The minimum absolute atomic E-state index is 0. The number of halogens is 1. The Morgan fingerprint density at radius 1 is 1.27 bits per heavy atom. The second-order valence-electron chi connectivity index (χ2n) is 6.27. The van der Waals surface area contributed by atoms with Crippen LogP contribution in [0.1, 0.15) is 31.2 Å². The summed E-state index contributed by atoms with van der Waals surface area (Å²) >= 11 is 0. The number of carbonyl (C=O) groups excluding carboxylic acids is 1. The van der Waals surface area contributed by atoms with E-state index in [0.717, 1.165) is 18.4 Å². The number of amides is 1. The van der Waals surface area contributed by atoms with Gasteiger partial charge in [-0.15, -0.1) is 12.4 Å². The molecule has 3 N–H and O–H groups in total. The van der Waals surface area contributed by atoms with E-state index in [9.17, 15) is 4.79 Å². The average molecular weight is 325 g/mol. The fourth-order valence-corrected chi connectivity index (χ4v) is 3.19. The first-order valence-electron chi connectivity index (χ1n) is 7.89. The van der Waals surface area contributed by atoms with Crippen LogP contribution >= 0.6 is 12.4 Å². The van der Waals surface area contributed by atoms with E-state index >= 15 is 0 Å². The molecule has 22 heavy (non-hydrogen) atoms. The first-order valence-corrected chi connectivity index (χ1v) is 7.89. The maximum absolute atomic E-state index is 12.8. The predicted octanol–water partition coefficient (Wildman–Crippen LogP) is 2.01. The number of nitrogens with one attached hydrogen (secondary N) is 1. The van der Waals surface area contributed by atoms with Crippen molar-refractivity contribution >= 4 is 18.3 Å². The number of hydrogen-bond acceptors (Lipinski definition) is 3. The van der Waals surface area contributed by atoms with Crippen LogP contribution in [0.3, 0.4) is 0 Å². The summed E-state index contributed by atoms with van der Waals surface area (Å²) in [7, 11) is 0. The van der Waals surface area contributed by atoms with Crippen molar-refractivity contribution in [1.82, 2.24) is 5.32 Å². The molecule has 0 bridgehead atoms. The second-order valence-corrected chi connectivity index (χ2v) is 6.27. The first kappa shape index (κ1) is 17.3. The summed E-state index contributed by atoms with van der Waals surface area (Å²) in [6.45, 7) is 1.85. The molecule has 122 valence electrons. The van der Waals surface area contributed by atoms with Gasteiger partial charge < -0.3 is 15.8 Å². The van der Waals surface area contributed by atoms with Gasteiger partial charge >= 0.3 is 0 Å². The molecule has 0 spiro atoms. The molecule has 1 aromatic carbocycles. The lowest BCUT2D eigenvalue weighted by Crippen LogP contribution is -2.50. The molecule has 2 aliphatic rings. The fourth-order valence-electron chi connectivity index (χ4n) is 3.19. The molecule has 1 heterocycles. The smallest absolute Gasteiger partial charge is 0.230 e. The molecule has 1 saturated heterocycles. The third-order valence-electron chi connectivity index (χ3n) is 4.83. The number of nitrogens with two attached hydrogens (primary N) is 1. The van der Waals surface area contributed by atoms with Crippen molar-refractivity contribution in [1.29, 1.82) is 0 Å². The lowest BCUT2D eigenvalue weighted by molar-refractivity contribution is -0.130. The monoisotopic (exact) mass is 324 g/mol. The summed E-state index contributed by atoms with van der Waals surface area (Å²) in [4.78, 5) is 12.8. The van der Waals surface area contributed by atoms with Gasteiger partial charge in [0.2, 0.25) is 5.91 Å². The molecule has 4 nitrogen and oxygen atoms in total. The van der Waals surface area contributed by atoms with Crippen molar-refractivity contribution in [2.45, 2.75) is 37.1 Å². The van der Waals surface area contributed by atoms with Gasteiger partial charge in [-0.2, -0.15) is 0 Å². The Labute approximate surface area is 138 Å². The predicted molar refractivity (Wildman–Crippen MR) is 89.1 cm³/mol. The van der Waals surface area contributed by atoms with Crippen LogP contribution in [0.4, 0.5) is 0 Å². The Bertz CT molecular complexity index is 485. The summed E-state index contributed by atoms with van der Waals surface area (Å²) in [5.74, 6) is 0.709. The lowest BCUT2D eigenvalue weighted by atomic mass is 9.73. The van der Waals surface area contributed by atoms with Gasteiger partial charge in [0.15, 0.2) is 0 Å². The van der Waals surface area contributed by atoms with Crippen LogP contribution in [0.2, 0.25) is 0 Å². The van der Waals surface area contributed by atoms with Gasteiger partial charge in [0, 0.05) is 25.8 Å². The van der Waals surface area contributed by atoms with Crippen LogP contribution < -0.4 is 11.1 Å². The molecule has 2 fully saturated rings. The molecule has 3 rings (SSSR count). The highest BCUT2D eigenvalue weighted by molar-refractivity contribution is 5.88. The summed E-state index contributed by atoms with van der Waals surface area (Å²) in [6.07, 6.45) is 3.88. The number of rotatable bonds is 5. The van der Waals surface area contributed by atoms with Crippen LogP contribution in [0, 0.1) is 5.92 Å². The minimum atomic E-state index is -0.456. The van der Waals surface area contributed by atoms with Crippen LogP contribution in [-0.2, 0) is 14.9 Å². The van der Waals surface area contributed by atoms with E-state index in [1.54, 1.807) is 0 Å². The molecule has 0 radical (unpaired) electrons. The van der Waals surface area contributed by atoms with E-state index in [0.29, 0.717) is 25.7 Å². The number of benzene rings is 1. The second kappa shape index (κ2) is 7.44. The normalized spacial score (nSPS) is 21.5. The highest BCUT2D eigenvalue weighted by Crippen LogP contribution is 2.35. The molecular formula is C17H25ClN2O2. The van der Waals surface area contributed by atoms with Crippen molar-refractivity contribution in [3.63, 3.8) is 0 Å². The van der Waals surface area contributed by atoms with Gasteiger partial charge in [-0.3, -0.25) is 4.79 Å². The Hall–Kier alpha value is -1.10. The van der Waals surface area contributed by atoms with E-state index in [4.69, 9.17) is 10.5 Å². The topological polar surface area (TPSA) is 64.3 Å². The maximum Gasteiger partial charge on any atom is 0.230 e. The van der Waals surface area contributed by atoms with E-state index < -0.39 is 5.41 Å². The van der Waals surface area contributed by atoms with Gasteiger partial charge in [-0.25, -0.2) is 0 Å². The summed E-state index contributed by atoms with van der Waals surface area (Å²) in [5.41, 5.74) is 6.73. The molecule has 1 saturated carbocycles. The number of hydrogen-bond donors (Lipinski definition) is 2. The largest absolute Gasteiger partial charge is 0.381 e. The molecular weight excluding hydrogens is 300 g/mol. The van der Waals surface area contributed by atoms with Crippen molar-refractivity contribution in [2.75, 3.05) is 19.8 Å². The first-order chi connectivity index (χ1) is 10.2. The molecule has 1 atom stereocenters. The zero-order valence-corrected chi connectivity index (χ0v) is 13.6. The molecule has 1 aliphatic carbocycles. The molecule has 5 heteroatoms. The van der Waals surface area contributed by atoms with Crippen LogP contribution in [0.25, 0.3) is 0 Å². The van der Waals surface area contributed by atoms with Gasteiger partial charge in [0.1, 0.15) is 0 Å². The zero-order chi connectivity index (χ0) is 14.7. The van der Waals surface area contributed by atoms with Gasteiger partial charge in [-0.1, -0.05) is 30.3 Å². The minimum Gasteiger partial charge on any atom is -0.381 e. The molecule has 1 unspecified atom stereocenters. The molecule has 1 aromatic rings. The number of ether oxygens (including phenoxy) is 1. The maximum atomic E-state index is 12.8. The highest BCUT2D eigenvalue weighted by Gasteiger charge is 2.42. The van der Waals surface area contributed by atoms with Gasteiger partial charge in [0.05, 0.1) is 5.41 Å². The Kier molecular flexibility index (Phi) is 5.84. The average Bonchev–Trinajstić information content (AvgIpc) is 3.38. The summed E-state index contributed by atoms with van der Waals surface area (Å²) in [5, 5.41) is 3.09. The Balaban J connectivity index is 0.00000176. The molecule has 1 aliphatic heterocycles. The lowest BCUT2D eigenvalue weighted by Gasteiger charge is -2.36. The molecule has 0 aromatic heterocycles. The van der Waals surface area contributed by atoms with Crippen LogP contribution in [0.15, 0.2) is 30.3 Å². The van der Waals surface area contributed by atoms with Crippen LogP contribution in [0.5, 0.6) is 0 Å². The molecule has 1 amide bonds. The zero-order valence-electron chi connectivity index (χ0n) is 12.8. The Morgan fingerprint density at radius 3 is 2.50 bits per heavy atom. The quantitative estimate of drug-likeness (QED) is 0.871. The third-order valence-corrected chi connectivity index (χ3v) is 4.83. The van der Waals surface area contributed by atoms with Crippen molar-refractivity contribution in [3.8, 4) is 0 Å².